The number of methoxy groups -OCH3 is 1. The van der Waals surface area contributed by atoms with Crippen LogP contribution in [-0.4, -0.2) is 73.5 Å². The summed E-state index contributed by atoms with van der Waals surface area (Å²) in [5.41, 5.74) is 2.61. The van der Waals surface area contributed by atoms with E-state index in [2.05, 4.69) is 34.1 Å². The number of rotatable bonds is 8. The minimum Gasteiger partial charge on any atom is -0.469 e. The highest BCUT2D eigenvalue weighted by atomic mass is 32.2. The zero-order chi connectivity index (χ0) is 36.7. The van der Waals surface area contributed by atoms with Crippen LogP contribution in [0.5, 0.6) is 0 Å². The molecular formula is C41H47N3O6S. The number of ether oxygens (including phenoxy) is 2. The molecule has 51 heavy (non-hydrogen) atoms. The Hall–Kier alpha value is -4.35. The van der Waals surface area contributed by atoms with E-state index in [1.807, 2.05) is 63.5 Å². The predicted molar refractivity (Wildman–Crippen MR) is 196 cm³/mol. The molecule has 0 N–H and O–H groups in total. The smallest absolute Gasteiger partial charge is 0.325 e. The molecule has 0 unspecified atom stereocenters. The van der Waals surface area contributed by atoms with Crippen molar-refractivity contribution in [3.8, 4) is 0 Å². The van der Waals surface area contributed by atoms with Crippen molar-refractivity contribution >= 4 is 22.0 Å². The first-order chi connectivity index (χ1) is 24.3. The van der Waals surface area contributed by atoms with Crippen LogP contribution in [0, 0.1) is 18.8 Å². The van der Waals surface area contributed by atoms with Crippen LogP contribution in [0.1, 0.15) is 61.2 Å². The molecular weight excluding hydrogens is 663 g/mol. The highest BCUT2D eigenvalue weighted by Gasteiger charge is 2.66. The molecule has 0 bridgehead atoms. The monoisotopic (exact) mass is 709 g/mol. The van der Waals surface area contributed by atoms with E-state index in [0.29, 0.717) is 5.56 Å². The lowest BCUT2D eigenvalue weighted by Crippen LogP contribution is -2.54. The third-order valence-corrected chi connectivity index (χ3v) is 12.0. The van der Waals surface area contributed by atoms with Gasteiger partial charge in [-0.15, -0.1) is 0 Å². The molecule has 0 aliphatic carbocycles. The number of hydrogen-bond donors (Lipinski definition) is 0. The van der Waals surface area contributed by atoms with Gasteiger partial charge in [0, 0.05) is 5.92 Å². The summed E-state index contributed by atoms with van der Waals surface area (Å²) in [7, 11) is 0.856. The van der Waals surface area contributed by atoms with Gasteiger partial charge in [-0.05, 0) is 70.6 Å². The van der Waals surface area contributed by atoms with Crippen molar-refractivity contribution in [3.05, 3.63) is 138 Å². The number of esters is 2. The summed E-state index contributed by atoms with van der Waals surface area (Å²) < 4.78 is 43.1. The largest absolute Gasteiger partial charge is 0.469 e. The molecule has 6 rings (SSSR count). The van der Waals surface area contributed by atoms with Crippen LogP contribution in [-0.2, 0) is 29.1 Å². The highest BCUT2D eigenvalue weighted by Crippen LogP contribution is 2.56. The van der Waals surface area contributed by atoms with Crippen molar-refractivity contribution < 1.29 is 27.5 Å². The second-order valence-corrected chi connectivity index (χ2v) is 16.4. The van der Waals surface area contributed by atoms with Gasteiger partial charge in [-0.25, -0.2) is 8.42 Å². The number of likely N-dealkylation sites (N-methyl/N-ethyl adjacent to an activating group) is 2. The van der Waals surface area contributed by atoms with Gasteiger partial charge in [0.25, 0.3) is 0 Å². The summed E-state index contributed by atoms with van der Waals surface area (Å²) in [6.07, 6.45) is -0.619. The molecule has 2 saturated heterocycles. The second-order valence-electron chi connectivity index (χ2n) is 14.6. The number of aryl methyl sites for hydroxylation is 1. The van der Waals surface area contributed by atoms with Crippen molar-refractivity contribution in [1.82, 2.24) is 14.1 Å². The van der Waals surface area contributed by atoms with E-state index in [1.165, 1.54) is 11.4 Å². The first-order valence-corrected chi connectivity index (χ1v) is 18.7. The number of benzene rings is 4. The van der Waals surface area contributed by atoms with Crippen molar-refractivity contribution in [2.45, 2.75) is 68.5 Å². The number of sulfonamides is 1. The summed E-state index contributed by atoms with van der Waals surface area (Å²) in [5.74, 6) is -3.34. The summed E-state index contributed by atoms with van der Waals surface area (Å²) in [5, 5.41) is 0. The standard InChI is InChI=1S/C41H47N3O6S/c1-27-23-25-31(26-24-27)51(47,48)44-34(28-17-11-8-12-18-28)33(39(45)49-7)32(37(44)40(46)50-41(2,3)4)38-42(5)35(29-19-13-9-14-20-29)36(43(38)6)30-21-15-10-16-22-30/h8-26,32-38H,1-7H3/t32-,33-,34-,35-,36-,37-/m1/s1. The fourth-order valence-electron chi connectivity index (χ4n) is 8.18. The zero-order valence-corrected chi connectivity index (χ0v) is 31.0. The van der Waals surface area contributed by atoms with Crippen molar-refractivity contribution in [1.29, 1.82) is 0 Å². The third kappa shape index (κ3) is 6.85. The molecule has 0 spiro atoms. The van der Waals surface area contributed by atoms with Crippen LogP contribution in [0.4, 0.5) is 0 Å². The van der Waals surface area contributed by atoms with Gasteiger partial charge in [0.05, 0.1) is 42.2 Å². The molecule has 268 valence electrons. The van der Waals surface area contributed by atoms with E-state index in [4.69, 9.17) is 9.47 Å². The first-order valence-electron chi connectivity index (χ1n) is 17.3. The minimum absolute atomic E-state index is 0.0179. The van der Waals surface area contributed by atoms with E-state index in [-0.39, 0.29) is 17.0 Å². The third-order valence-electron chi connectivity index (χ3n) is 10.2. The Morgan fingerprint density at radius 2 is 1.08 bits per heavy atom. The van der Waals surface area contributed by atoms with Gasteiger partial charge in [0.1, 0.15) is 11.6 Å². The molecule has 2 aliphatic rings. The topological polar surface area (TPSA) is 96.5 Å². The average molecular weight is 710 g/mol. The van der Waals surface area contributed by atoms with Crippen LogP contribution in [0.25, 0.3) is 0 Å². The predicted octanol–water partition coefficient (Wildman–Crippen LogP) is 6.54. The molecule has 4 aromatic carbocycles. The molecule has 0 saturated carbocycles. The van der Waals surface area contributed by atoms with Gasteiger partial charge < -0.3 is 9.47 Å². The zero-order valence-electron chi connectivity index (χ0n) is 30.2. The normalized spacial score (nSPS) is 25.2. The quantitative estimate of drug-likeness (QED) is 0.191. The van der Waals surface area contributed by atoms with Crippen molar-refractivity contribution in [3.63, 3.8) is 0 Å². The minimum atomic E-state index is -4.42. The molecule has 2 heterocycles. The van der Waals surface area contributed by atoms with Crippen molar-refractivity contribution in [2.75, 3.05) is 21.2 Å². The molecule has 0 aromatic heterocycles. The van der Waals surface area contributed by atoms with Crippen LogP contribution in [0.3, 0.4) is 0 Å². The van der Waals surface area contributed by atoms with Crippen LogP contribution in [0.2, 0.25) is 0 Å². The van der Waals surface area contributed by atoms with Crippen LogP contribution >= 0.6 is 0 Å². The summed E-state index contributed by atoms with van der Waals surface area (Å²) in [6.45, 7) is 7.14. The van der Waals surface area contributed by atoms with E-state index >= 15 is 8.42 Å². The van der Waals surface area contributed by atoms with Crippen LogP contribution < -0.4 is 0 Å². The van der Waals surface area contributed by atoms with Gasteiger partial charge in [-0.1, -0.05) is 109 Å². The van der Waals surface area contributed by atoms with E-state index in [1.54, 1.807) is 69.3 Å². The first kappa shape index (κ1) is 36.4. The average Bonchev–Trinajstić information content (AvgIpc) is 3.60. The maximum atomic E-state index is 15.1. The number of hydrogen-bond acceptors (Lipinski definition) is 8. The lowest BCUT2D eigenvalue weighted by Gasteiger charge is -2.38. The van der Waals surface area contributed by atoms with Gasteiger partial charge in [0.15, 0.2) is 0 Å². The Balaban J connectivity index is 1.63. The molecule has 0 amide bonds. The molecule has 10 heteroatoms. The SMILES string of the molecule is COC(=O)[C@@H]1[C@@H](C2N(C)[C@H](c3ccccc3)[C@@H](c3ccccc3)N2C)[C@H](C(=O)OC(C)(C)C)N(S(=O)(=O)c2ccc(C)cc2)[C@@H]1c1ccccc1. The molecule has 0 radical (unpaired) electrons. The van der Waals surface area contributed by atoms with Crippen molar-refractivity contribution in [2.24, 2.45) is 11.8 Å². The summed E-state index contributed by atoms with van der Waals surface area (Å²) >= 11 is 0. The maximum absolute atomic E-state index is 15.1. The Kier molecular flexibility index (Phi) is 10.3. The van der Waals surface area contributed by atoms with Gasteiger partial charge >= 0.3 is 11.9 Å². The fraction of sp³-hybridized carbons (Fsp3) is 0.366. The lowest BCUT2D eigenvalue weighted by atomic mass is 9.81. The summed E-state index contributed by atoms with van der Waals surface area (Å²) in [6, 6.07) is 32.9. The Labute approximate surface area is 301 Å². The van der Waals surface area contributed by atoms with E-state index in [0.717, 1.165) is 16.7 Å². The fourth-order valence-corrected chi connectivity index (χ4v) is 9.98. The van der Waals surface area contributed by atoms with E-state index in [9.17, 15) is 9.59 Å². The Morgan fingerprint density at radius 1 is 0.647 bits per heavy atom. The van der Waals surface area contributed by atoms with Gasteiger partial charge in [-0.2, -0.15) is 4.31 Å². The van der Waals surface area contributed by atoms with Gasteiger partial charge in [-0.3, -0.25) is 19.4 Å². The molecule has 2 fully saturated rings. The van der Waals surface area contributed by atoms with E-state index < -0.39 is 57.6 Å². The Morgan fingerprint density at radius 3 is 1.49 bits per heavy atom. The number of carbonyl (C=O) groups excluding carboxylic acids is 2. The highest BCUT2D eigenvalue weighted by molar-refractivity contribution is 7.89. The molecule has 9 nitrogen and oxygen atoms in total. The second kappa shape index (κ2) is 14.3. The Bertz CT molecular complexity index is 1880. The van der Waals surface area contributed by atoms with Crippen LogP contribution in [0.15, 0.2) is 120 Å². The van der Waals surface area contributed by atoms with Gasteiger partial charge in [0.2, 0.25) is 10.0 Å². The number of carbonyl (C=O) groups is 2. The molecule has 6 atom stereocenters. The summed E-state index contributed by atoms with van der Waals surface area (Å²) in [4.78, 5) is 33.5. The lowest BCUT2D eigenvalue weighted by molar-refractivity contribution is -0.162. The maximum Gasteiger partial charge on any atom is 0.325 e. The number of nitrogens with zero attached hydrogens (tertiary/aromatic N) is 3. The molecule has 4 aromatic rings. The molecule has 2 aliphatic heterocycles.